The molecule has 2 aliphatic rings. The number of nitrogens with one attached hydrogen (secondary N) is 3. The van der Waals surface area contributed by atoms with Crippen molar-refractivity contribution in [3.05, 3.63) is 101 Å². The number of aromatic nitrogens is 1. The molecule has 3 N–H and O–H groups in total. The number of carbonyl (C=O) groups excluding carboxylic acids is 4. The topological polar surface area (TPSA) is 127 Å². The number of H-pyrrole nitrogens is 1. The van der Waals surface area contributed by atoms with Gasteiger partial charge in [-0.1, -0.05) is 60.7 Å². The molecule has 9 nitrogen and oxygen atoms in total. The van der Waals surface area contributed by atoms with Crippen LogP contribution < -0.4 is 15.4 Å². The summed E-state index contributed by atoms with van der Waals surface area (Å²) in [6.45, 7) is 0.581. The monoisotopic (exact) mass is 607 g/mol. The van der Waals surface area contributed by atoms with Gasteiger partial charge in [-0.3, -0.25) is 19.2 Å². The van der Waals surface area contributed by atoms with Gasteiger partial charge in [-0.15, -0.1) is 0 Å². The van der Waals surface area contributed by atoms with E-state index < -0.39 is 17.9 Å². The van der Waals surface area contributed by atoms with E-state index in [0.29, 0.717) is 37.3 Å². The Bertz CT molecular complexity index is 1710. The molecule has 9 heteroatoms. The van der Waals surface area contributed by atoms with Crippen molar-refractivity contribution in [2.45, 2.75) is 38.3 Å². The molecule has 1 aliphatic carbocycles. The normalized spacial score (nSPS) is 19.8. The summed E-state index contributed by atoms with van der Waals surface area (Å²) in [4.78, 5) is 57.4. The van der Waals surface area contributed by atoms with Gasteiger partial charge in [-0.25, -0.2) is 0 Å². The van der Waals surface area contributed by atoms with E-state index in [4.69, 9.17) is 9.47 Å². The second-order valence-corrected chi connectivity index (χ2v) is 11.9. The van der Waals surface area contributed by atoms with Crippen LogP contribution in [0.15, 0.2) is 78.9 Å². The molecule has 0 saturated carbocycles. The highest BCUT2D eigenvalue weighted by atomic mass is 16.5. The predicted octanol–water partition coefficient (Wildman–Crippen LogP) is 4.19. The average molecular weight is 608 g/mol. The fourth-order valence-corrected chi connectivity index (χ4v) is 6.55. The number of hydrogen-bond acceptors (Lipinski definition) is 6. The summed E-state index contributed by atoms with van der Waals surface area (Å²) in [7, 11) is 1.58. The highest BCUT2D eigenvalue weighted by Crippen LogP contribution is 2.35. The Hall–Kier alpha value is -4.76. The number of methoxy groups -OCH3 is 1. The summed E-state index contributed by atoms with van der Waals surface area (Å²) >= 11 is 0. The molecule has 1 aliphatic heterocycles. The van der Waals surface area contributed by atoms with Crippen LogP contribution in [0.2, 0.25) is 0 Å². The van der Waals surface area contributed by atoms with E-state index in [0.717, 1.165) is 27.6 Å². The molecule has 3 aromatic carbocycles. The molecule has 2 heterocycles. The molecule has 1 fully saturated rings. The predicted molar refractivity (Wildman–Crippen MR) is 169 cm³/mol. The Labute approximate surface area is 261 Å². The molecule has 1 saturated heterocycles. The van der Waals surface area contributed by atoms with E-state index in [2.05, 4.69) is 15.6 Å². The molecule has 2 amide bonds. The first kappa shape index (κ1) is 30.3. The second kappa shape index (κ2) is 13.5. The van der Waals surface area contributed by atoms with Gasteiger partial charge in [-0.05, 0) is 60.6 Å². The maximum absolute atomic E-state index is 14.1. The summed E-state index contributed by atoms with van der Waals surface area (Å²) in [5.74, 6) is -2.08. The summed E-state index contributed by atoms with van der Waals surface area (Å²) in [5, 5.41) is 6.57. The Morgan fingerprint density at radius 3 is 2.38 bits per heavy atom. The van der Waals surface area contributed by atoms with Crippen LogP contribution in [0.3, 0.4) is 0 Å². The minimum absolute atomic E-state index is 0.124. The molecule has 232 valence electrons. The molecule has 1 aromatic heterocycles. The van der Waals surface area contributed by atoms with Crippen LogP contribution in [0, 0.1) is 17.8 Å². The zero-order chi connectivity index (χ0) is 31.3. The minimum atomic E-state index is -0.924. The highest BCUT2D eigenvalue weighted by molar-refractivity contribution is 6.04. The number of Topliss-reactive ketones (excluding diaryl/α,β-unsaturated/α-hetero) is 2. The van der Waals surface area contributed by atoms with Gasteiger partial charge in [0.2, 0.25) is 11.8 Å². The number of benzene rings is 3. The first-order chi connectivity index (χ1) is 21.9. The van der Waals surface area contributed by atoms with Crippen molar-refractivity contribution in [2.75, 3.05) is 20.3 Å². The Morgan fingerprint density at radius 1 is 0.933 bits per heavy atom. The summed E-state index contributed by atoms with van der Waals surface area (Å²) in [5.41, 5.74) is 4.13. The molecule has 4 aromatic rings. The third kappa shape index (κ3) is 6.68. The third-order valence-electron chi connectivity index (χ3n) is 9.01. The van der Waals surface area contributed by atoms with Crippen molar-refractivity contribution in [1.29, 1.82) is 0 Å². The lowest BCUT2D eigenvalue weighted by Gasteiger charge is -2.32. The second-order valence-electron chi connectivity index (χ2n) is 11.9. The molecule has 4 unspecified atom stereocenters. The van der Waals surface area contributed by atoms with Gasteiger partial charge < -0.3 is 25.1 Å². The fraction of sp³-hybridized carbons (Fsp3) is 0.333. The lowest BCUT2D eigenvalue weighted by atomic mass is 9.72. The quantitative estimate of drug-likeness (QED) is 0.208. The number of ketones is 2. The fourth-order valence-electron chi connectivity index (χ4n) is 6.55. The van der Waals surface area contributed by atoms with E-state index in [1.54, 1.807) is 13.2 Å². The summed E-state index contributed by atoms with van der Waals surface area (Å²) in [6.07, 6.45) is 1.51. The van der Waals surface area contributed by atoms with Crippen LogP contribution in [-0.4, -0.2) is 54.7 Å². The van der Waals surface area contributed by atoms with Crippen molar-refractivity contribution in [2.24, 2.45) is 17.8 Å². The Morgan fingerprint density at radius 2 is 1.67 bits per heavy atom. The van der Waals surface area contributed by atoms with Crippen molar-refractivity contribution in [3.8, 4) is 5.75 Å². The molecule has 0 spiro atoms. The van der Waals surface area contributed by atoms with Gasteiger partial charge in [0.05, 0.1) is 31.4 Å². The number of carbonyl (C=O) groups is 4. The smallest absolute Gasteiger partial charge is 0.224 e. The molecule has 6 rings (SSSR count). The van der Waals surface area contributed by atoms with Crippen molar-refractivity contribution in [3.63, 3.8) is 0 Å². The van der Waals surface area contributed by atoms with Gasteiger partial charge in [0.25, 0.3) is 0 Å². The SMILES string of the molecule is COc1cccc2[nH]c(C(=O)C3Cc4ccccc4CC3C(=O)NC(CC3CCNC3=O)C(=O)COCc3ccccc3)cc12. The minimum Gasteiger partial charge on any atom is -0.496 e. The van der Waals surface area contributed by atoms with Gasteiger partial charge in [0.1, 0.15) is 12.4 Å². The molecular formula is C36H37N3O6. The van der Waals surface area contributed by atoms with Crippen molar-refractivity contribution in [1.82, 2.24) is 15.6 Å². The Kier molecular flexibility index (Phi) is 9.07. The van der Waals surface area contributed by atoms with Crippen LogP contribution in [0.5, 0.6) is 5.75 Å². The lowest BCUT2D eigenvalue weighted by Crippen LogP contribution is -2.50. The zero-order valence-corrected chi connectivity index (χ0v) is 25.2. The molecule has 4 atom stereocenters. The van der Waals surface area contributed by atoms with Crippen molar-refractivity contribution >= 4 is 34.3 Å². The van der Waals surface area contributed by atoms with E-state index >= 15 is 0 Å². The van der Waals surface area contributed by atoms with Crippen molar-refractivity contribution < 1.29 is 28.7 Å². The molecule has 45 heavy (non-hydrogen) atoms. The first-order valence-electron chi connectivity index (χ1n) is 15.4. The number of ether oxygens (including phenoxy) is 2. The van der Waals surface area contributed by atoms with E-state index in [1.165, 1.54) is 0 Å². The number of fused-ring (bicyclic) bond motifs is 2. The Balaban J connectivity index is 1.24. The maximum Gasteiger partial charge on any atom is 0.224 e. The van der Waals surface area contributed by atoms with Gasteiger partial charge >= 0.3 is 0 Å². The van der Waals surface area contributed by atoms with Gasteiger partial charge in [0, 0.05) is 29.3 Å². The van der Waals surface area contributed by atoms with E-state index in [-0.39, 0.29) is 48.9 Å². The van der Waals surface area contributed by atoms with Crippen LogP contribution >= 0.6 is 0 Å². The zero-order valence-electron chi connectivity index (χ0n) is 25.2. The molecule has 0 bridgehead atoms. The summed E-state index contributed by atoms with van der Waals surface area (Å²) < 4.78 is 11.2. The first-order valence-corrected chi connectivity index (χ1v) is 15.4. The number of amides is 2. The van der Waals surface area contributed by atoms with Crippen LogP contribution in [0.4, 0.5) is 0 Å². The van der Waals surface area contributed by atoms with Crippen LogP contribution in [-0.2, 0) is 38.6 Å². The van der Waals surface area contributed by atoms with E-state index in [9.17, 15) is 19.2 Å². The summed E-state index contributed by atoms with van der Waals surface area (Å²) in [6, 6.07) is 23.8. The van der Waals surface area contributed by atoms with Crippen LogP contribution in [0.25, 0.3) is 10.9 Å². The standard InChI is InChI=1S/C36H37N3O6/c1-44-33-13-7-12-29-28(33)19-31(38-29)34(41)26-16-23-10-5-6-11-24(23)17-27(26)36(43)39-30(18-25-14-15-37-35(25)42)32(40)21-45-20-22-8-3-2-4-9-22/h2-13,19,25-27,30,38H,14-18,20-21H2,1H3,(H,37,42)(H,39,43). The maximum atomic E-state index is 14.1. The number of aromatic amines is 1. The van der Waals surface area contributed by atoms with Gasteiger partial charge in [0.15, 0.2) is 11.6 Å². The largest absolute Gasteiger partial charge is 0.496 e. The number of hydrogen-bond donors (Lipinski definition) is 3. The highest BCUT2D eigenvalue weighted by Gasteiger charge is 2.40. The number of rotatable bonds is 12. The van der Waals surface area contributed by atoms with Gasteiger partial charge in [-0.2, -0.15) is 0 Å². The average Bonchev–Trinajstić information content (AvgIpc) is 3.69. The molecule has 0 radical (unpaired) electrons. The van der Waals surface area contributed by atoms with Crippen LogP contribution in [0.1, 0.15) is 40.0 Å². The lowest BCUT2D eigenvalue weighted by molar-refractivity contribution is -0.134. The van der Waals surface area contributed by atoms with E-state index in [1.807, 2.05) is 72.8 Å². The third-order valence-corrected chi connectivity index (χ3v) is 9.01. The molecular weight excluding hydrogens is 570 g/mol.